The summed E-state index contributed by atoms with van der Waals surface area (Å²) in [4.78, 5) is 19.2. The van der Waals surface area contributed by atoms with Crippen LogP contribution >= 0.6 is 0 Å². The summed E-state index contributed by atoms with van der Waals surface area (Å²) in [5.74, 6) is 0.844. The number of nitrogens with zero attached hydrogens (tertiary/aromatic N) is 2. The normalized spacial score (nSPS) is 10.3. The van der Waals surface area contributed by atoms with E-state index in [-0.39, 0.29) is 18.3 Å². The Labute approximate surface area is 168 Å². The van der Waals surface area contributed by atoms with Gasteiger partial charge in [0.2, 0.25) is 5.75 Å². The second kappa shape index (κ2) is 9.05. The first kappa shape index (κ1) is 20.1. The Morgan fingerprint density at radius 3 is 2.24 bits per heavy atom. The zero-order valence-corrected chi connectivity index (χ0v) is 16.4. The number of benzene rings is 2. The van der Waals surface area contributed by atoms with Crippen LogP contribution in [0, 0.1) is 5.82 Å². The second-order valence-electron chi connectivity index (χ2n) is 6.12. The number of carbonyl (C=O) groups is 1. The molecule has 3 rings (SSSR count). The minimum atomic E-state index is -0.372. The van der Waals surface area contributed by atoms with Crippen LogP contribution < -0.4 is 19.1 Å². The van der Waals surface area contributed by atoms with Gasteiger partial charge in [-0.25, -0.2) is 9.37 Å². The highest BCUT2D eigenvalue weighted by Gasteiger charge is 2.23. The number of amides is 1. The molecule has 0 atom stereocenters. The molecule has 2 aromatic carbocycles. The molecule has 0 aliphatic heterocycles. The minimum absolute atomic E-state index is 0.143. The summed E-state index contributed by atoms with van der Waals surface area (Å²) in [5, 5.41) is 0. The number of rotatable bonds is 7. The lowest BCUT2D eigenvalue weighted by molar-refractivity contribution is 0.0983. The molecule has 1 aromatic heterocycles. The molecule has 150 valence electrons. The Hall–Kier alpha value is -3.61. The largest absolute Gasteiger partial charge is 0.493 e. The van der Waals surface area contributed by atoms with E-state index in [4.69, 9.17) is 14.2 Å². The molecule has 0 saturated heterocycles. The Kier molecular flexibility index (Phi) is 6.29. The standard InChI is InChI=1S/C22H21FN2O4/c1-27-18-12-16(13-19(28-2)21(18)29-3)22(26)25(20-9-4-5-10-24-20)14-15-7-6-8-17(23)11-15/h4-13H,14H2,1-3H3. The van der Waals surface area contributed by atoms with E-state index >= 15 is 0 Å². The van der Waals surface area contributed by atoms with Crippen molar-refractivity contribution in [1.82, 2.24) is 4.98 Å². The maximum Gasteiger partial charge on any atom is 0.260 e. The quantitative estimate of drug-likeness (QED) is 0.602. The topological polar surface area (TPSA) is 60.9 Å². The van der Waals surface area contributed by atoms with Crippen molar-refractivity contribution in [3.05, 3.63) is 77.7 Å². The maximum absolute atomic E-state index is 13.7. The molecule has 1 heterocycles. The van der Waals surface area contributed by atoms with Gasteiger partial charge < -0.3 is 14.2 Å². The lowest BCUT2D eigenvalue weighted by Gasteiger charge is -2.23. The molecule has 0 radical (unpaired) electrons. The van der Waals surface area contributed by atoms with Crippen LogP contribution in [-0.4, -0.2) is 32.2 Å². The van der Waals surface area contributed by atoms with Gasteiger partial charge in [-0.3, -0.25) is 9.69 Å². The van der Waals surface area contributed by atoms with Crippen LogP contribution in [0.25, 0.3) is 0 Å². The number of halogens is 1. The van der Waals surface area contributed by atoms with Gasteiger partial charge in [-0.15, -0.1) is 0 Å². The van der Waals surface area contributed by atoms with E-state index in [1.165, 1.54) is 38.4 Å². The van der Waals surface area contributed by atoms with Crippen LogP contribution in [0.1, 0.15) is 15.9 Å². The fraction of sp³-hybridized carbons (Fsp3) is 0.182. The van der Waals surface area contributed by atoms with Crippen LogP contribution in [0.4, 0.5) is 10.2 Å². The first-order valence-electron chi connectivity index (χ1n) is 8.84. The minimum Gasteiger partial charge on any atom is -0.493 e. The SMILES string of the molecule is COc1cc(C(=O)N(Cc2cccc(F)c2)c2ccccn2)cc(OC)c1OC. The van der Waals surface area contributed by atoms with E-state index in [2.05, 4.69) is 4.98 Å². The molecule has 0 saturated carbocycles. The smallest absolute Gasteiger partial charge is 0.260 e. The molecule has 3 aromatic rings. The van der Waals surface area contributed by atoms with Gasteiger partial charge in [-0.2, -0.15) is 0 Å². The number of pyridine rings is 1. The molecule has 6 nitrogen and oxygen atoms in total. The lowest BCUT2D eigenvalue weighted by Crippen LogP contribution is -2.31. The Morgan fingerprint density at radius 2 is 1.69 bits per heavy atom. The predicted octanol–water partition coefficient (Wildman–Crippen LogP) is 4.09. The second-order valence-corrected chi connectivity index (χ2v) is 6.12. The highest BCUT2D eigenvalue weighted by molar-refractivity contribution is 6.06. The van der Waals surface area contributed by atoms with E-state index in [0.29, 0.717) is 34.2 Å². The van der Waals surface area contributed by atoms with Crippen molar-refractivity contribution in [2.45, 2.75) is 6.54 Å². The third kappa shape index (κ3) is 4.45. The van der Waals surface area contributed by atoms with Crippen LogP contribution in [0.2, 0.25) is 0 Å². The van der Waals surface area contributed by atoms with E-state index in [1.807, 2.05) is 0 Å². The molecule has 7 heteroatoms. The fourth-order valence-electron chi connectivity index (χ4n) is 2.95. The van der Waals surface area contributed by atoms with Crippen molar-refractivity contribution in [1.29, 1.82) is 0 Å². The number of methoxy groups -OCH3 is 3. The molecular weight excluding hydrogens is 375 g/mol. The molecule has 0 aliphatic carbocycles. The Bertz CT molecular complexity index is 970. The number of anilines is 1. The summed E-state index contributed by atoms with van der Waals surface area (Å²) >= 11 is 0. The Balaban J connectivity index is 2.05. The Morgan fingerprint density at radius 1 is 0.966 bits per heavy atom. The van der Waals surface area contributed by atoms with Crippen molar-refractivity contribution in [3.63, 3.8) is 0 Å². The number of aromatic nitrogens is 1. The average molecular weight is 396 g/mol. The van der Waals surface area contributed by atoms with Crippen LogP contribution in [0.15, 0.2) is 60.8 Å². The summed E-state index contributed by atoms with van der Waals surface area (Å²) in [7, 11) is 4.45. The highest BCUT2D eigenvalue weighted by Crippen LogP contribution is 2.38. The van der Waals surface area contributed by atoms with Gasteiger partial charge in [0.05, 0.1) is 27.9 Å². The average Bonchev–Trinajstić information content (AvgIpc) is 2.76. The van der Waals surface area contributed by atoms with Gasteiger partial charge in [0.15, 0.2) is 11.5 Å². The molecule has 0 spiro atoms. The van der Waals surface area contributed by atoms with Gasteiger partial charge >= 0.3 is 0 Å². The van der Waals surface area contributed by atoms with Crippen molar-refractivity contribution in [2.24, 2.45) is 0 Å². The van der Waals surface area contributed by atoms with Gasteiger partial charge in [-0.1, -0.05) is 18.2 Å². The maximum atomic E-state index is 13.7. The van der Waals surface area contributed by atoms with Crippen molar-refractivity contribution >= 4 is 11.7 Å². The number of hydrogen-bond acceptors (Lipinski definition) is 5. The van der Waals surface area contributed by atoms with Crippen molar-refractivity contribution < 1.29 is 23.4 Å². The molecule has 0 aliphatic rings. The molecule has 29 heavy (non-hydrogen) atoms. The third-order valence-electron chi connectivity index (χ3n) is 4.31. The first-order valence-corrected chi connectivity index (χ1v) is 8.84. The van der Waals surface area contributed by atoms with Gasteiger partial charge in [0.1, 0.15) is 11.6 Å². The highest BCUT2D eigenvalue weighted by atomic mass is 19.1. The van der Waals surface area contributed by atoms with Gasteiger partial charge in [0, 0.05) is 11.8 Å². The molecule has 0 unspecified atom stereocenters. The van der Waals surface area contributed by atoms with Gasteiger partial charge in [-0.05, 0) is 42.0 Å². The number of ether oxygens (including phenoxy) is 3. The molecule has 1 amide bonds. The zero-order chi connectivity index (χ0) is 20.8. The van der Waals surface area contributed by atoms with E-state index in [0.717, 1.165) is 0 Å². The van der Waals surface area contributed by atoms with Crippen LogP contribution in [-0.2, 0) is 6.54 Å². The first-order chi connectivity index (χ1) is 14.1. The predicted molar refractivity (Wildman–Crippen MR) is 107 cm³/mol. The molecule has 0 fully saturated rings. The van der Waals surface area contributed by atoms with Gasteiger partial charge in [0.25, 0.3) is 5.91 Å². The van der Waals surface area contributed by atoms with E-state index in [1.54, 1.807) is 48.7 Å². The summed E-state index contributed by atoms with van der Waals surface area (Å²) in [6.45, 7) is 0.143. The van der Waals surface area contributed by atoms with Crippen LogP contribution in [0.3, 0.4) is 0 Å². The van der Waals surface area contributed by atoms with E-state index in [9.17, 15) is 9.18 Å². The van der Waals surface area contributed by atoms with Crippen molar-refractivity contribution in [3.8, 4) is 17.2 Å². The summed E-state index contributed by atoms with van der Waals surface area (Å²) in [6.07, 6.45) is 1.59. The van der Waals surface area contributed by atoms with E-state index < -0.39 is 0 Å². The zero-order valence-electron chi connectivity index (χ0n) is 16.4. The monoisotopic (exact) mass is 396 g/mol. The summed E-state index contributed by atoms with van der Waals surface area (Å²) in [6, 6.07) is 14.5. The molecular formula is C22H21FN2O4. The number of carbonyl (C=O) groups excluding carboxylic acids is 1. The summed E-state index contributed by atoms with van der Waals surface area (Å²) < 4.78 is 29.7. The summed E-state index contributed by atoms with van der Waals surface area (Å²) in [5.41, 5.74) is 0.956. The third-order valence-corrected chi connectivity index (χ3v) is 4.31. The molecule has 0 bridgehead atoms. The molecule has 0 N–H and O–H groups in total. The fourth-order valence-corrected chi connectivity index (χ4v) is 2.95. The van der Waals surface area contributed by atoms with Crippen molar-refractivity contribution in [2.75, 3.05) is 26.2 Å². The number of hydrogen-bond donors (Lipinski definition) is 0. The lowest BCUT2D eigenvalue weighted by atomic mass is 10.1. The van der Waals surface area contributed by atoms with Crippen LogP contribution in [0.5, 0.6) is 17.2 Å².